The van der Waals surface area contributed by atoms with Gasteiger partial charge in [0.15, 0.2) is 4.96 Å². The molecule has 3 aromatic heterocycles. The molecular formula is C11H12N4OS. The average Bonchev–Trinajstić information content (AvgIpc) is 2.98. The van der Waals surface area contributed by atoms with Crippen molar-refractivity contribution < 1.29 is 4.52 Å². The van der Waals surface area contributed by atoms with E-state index in [0.29, 0.717) is 6.54 Å². The highest BCUT2D eigenvalue weighted by atomic mass is 32.1. The normalized spacial score (nSPS) is 11.4. The summed E-state index contributed by atoms with van der Waals surface area (Å²) in [6.07, 6.45) is 3.70. The lowest BCUT2D eigenvalue weighted by molar-refractivity contribution is 0.372. The van der Waals surface area contributed by atoms with Crippen molar-refractivity contribution in [2.75, 3.05) is 0 Å². The molecular weight excluding hydrogens is 236 g/mol. The molecule has 0 unspecified atom stereocenters. The Hall–Kier alpha value is -1.66. The van der Waals surface area contributed by atoms with Gasteiger partial charge in [0.05, 0.1) is 24.1 Å². The fraction of sp³-hybridized carbons (Fsp3) is 0.273. The SMILES string of the molecule is Cc1nc2sccn2c1CNCc1ccno1. The van der Waals surface area contributed by atoms with Crippen LogP contribution in [0.3, 0.4) is 0 Å². The first kappa shape index (κ1) is 10.5. The zero-order chi connectivity index (χ0) is 11.7. The van der Waals surface area contributed by atoms with Crippen LogP contribution in [0.4, 0.5) is 0 Å². The minimum atomic E-state index is 0.677. The number of hydrogen-bond donors (Lipinski definition) is 1. The third-order valence-electron chi connectivity index (χ3n) is 2.64. The summed E-state index contributed by atoms with van der Waals surface area (Å²) in [6.45, 7) is 3.48. The van der Waals surface area contributed by atoms with E-state index in [1.165, 1.54) is 5.69 Å². The van der Waals surface area contributed by atoms with Crippen molar-refractivity contribution in [3.8, 4) is 0 Å². The summed E-state index contributed by atoms with van der Waals surface area (Å²) >= 11 is 1.65. The molecule has 17 heavy (non-hydrogen) atoms. The Kier molecular flexibility index (Phi) is 2.66. The van der Waals surface area contributed by atoms with Crippen molar-refractivity contribution in [2.24, 2.45) is 0 Å². The molecule has 3 heterocycles. The van der Waals surface area contributed by atoms with Gasteiger partial charge in [-0.1, -0.05) is 5.16 Å². The van der Waals surface area contributed by atoms with Crippen molar-refractivity contribution in [3.05, 3.63) is 41.0 Å². The number of aryl methyl sites for hydroxylation is 1. The van der Waals surface area contributed by atoms with Crippen LogP contribution >= 0.6 is 11.3 Å². The van der Waals surface area contributed by atoms with Gasteiger partial charge in [0.1, 0.15) is 5.76 Å². The van der Waals surface area contributed by atoms with Gasteiger partial charge in [0.2, 0.25) is 0 Å². The van der Waals surface area contributed by atoms with Crippen molar-refractivity contribution in [2.45, 2.75) is 20.0 Å². The molecule has 0 saturated heterocycles. The van der Waals surface area contributed by atoms with Crippen LogP contribution in [0, 0.1) is 6.92 Å². The molecule has 3 rings (SSSR count). The highest BCUT2D eigenvalue weighted by Gasteiger charge is 2.08. The maximum Gasteiger partial charge on any atom is 0.194 e. The third kappa shape index (κ3) is 1.96. The zero-order valence-electron chi connectivity index (χ0n) is 9.38. The summed E-state index contributed by atoms with van der Waals surface area (Å²) in [6, 6.07) is 1.86. The maximum atomic E-state index is 5.02. The van der Waals surface area contributed by atoms with Crippen LogP contribution in [0.2, 0.25) is 0 Å². The van der Waals surface area contributed by atoms with E-state index in [4.69, 9.17) is 4.52 Å². The fourth-order valence-corrected chi connectivity index (χ4v) is 2.57. The van der Waals surface area contributed by atoms with E-state index in [1.54, 1.807) is 17.5 Å². The molecule has 3 aromatic rings. The Labute approximate surface area is 102 Å². The van der Waals surface area contributed by atoms with Gasteiger partial charge in [0.25, 0.3) is 0 Å². The summed E-state index contributed by atoms with van der Waals surface area (Å²) in [5.74, 6) is 0.841. The standard InChI is InChI=1S/C11H12N4OS/c1-8-10(15-4-5-17-11(15)14-8)7-12-6-9-2-3-13-16-9/h2-5,12H,6-7H2,1H3. The molecule has 6 heteroatoms. The number of rotatable bonds is 4. The highest BCUT2D eigenvalue weighted by Crippen LogP contribution is 2.16. The molecule has 0 atom stereocenters. The van der Waals surface area contributed by atoms with E-state index < -0.39 is 0 Å². The third-order valence-corrected chi connectivity index (χ3v) is 3.40. The van der Waals surface area contributed by atoms with Gasteiger partial charge in [-0.3, -0.25) is 4.40 Å². The molecule has 0 aromatic carbocycles. The first-order chi connectivity index (χ1) is 8.34. The second kappa shape index (κ2) is 4.31. The van der Waals surface area contributed by atoms with Gasteiger partial charge in [-0.25, -0.2) is 4.98 Å². The monoisotopic (exact) mass is 248 g/mol. The molecule has 0 saturated carbocycles. The molecule has 0 bridgehead atoms. The van der Waals surface area contributed by atoms with E-state index in [2.05, 4.69) is 19.9 Å². The first-order valence-corrected chi connectivity index (χ1v) is 6.24. The van der Waals surface area contributed by atoms with E-state index in [0.717, 1.165) is 23.0 Å². The Morgan fingerprint density at radius 2 is 2.41 bits per heavy atom. The highest BCUT2D eigenvalue weighted by molar-refractivity contribution is 7.15. The summed E-state index contributed by atoms with van der Waals surface area (Å²) in [7, 11) is 0. The number of fused-ring (bicyclic) bond motifs is 1. The zero-order valence-corrected chi connectivity index (χ0v) is 10.2. The number of imidazole rings is 1. The van der Waals surface area contributed by atoms with Gasteiger partial charge >= 0.3 is 0 Å². The number of hydrogen-bond acceptors (Lipinski definition) is 5. The number of nitrogens with zero attached hydrogens (tertiary/aromatic N) is 3. The van der Waals surface area contributed by atoms with E-state index in [-0.39, 0.29) is 0 Å². The van der Waals surface area contributed by atoms with Crippen molar-refractivity contribution in [3.63, 3.8) is 0 Å². The van der Waals surface area contributed by atoms with Gasteiger partial charge in [-0.05, 0) is 6.92 Å². The molecule has 0 amide bonds. The van der Waals surface area contributed by atoms with Crippen LogP contribution in [0.25, 0.3) is 4.96 Å². The minimum absolute atomic E-state index is 0.677. The first-order valence-electron chi connectivity index (χ1n) is 5.36. The van der Waals surface area contributed by atoms with E-state index >= 15 is 0 Å². The molecule has 0 spiro atoms. The largest absolute Gasteiger partial charge is 0.360 e. The van der Waals surface area contributed by atoms with Gasteiger partial charge in [-0.2, -0.15) is 0 Å². The van der Waals surface area contributed by atoms with Crippen LogP contribution in [0.1, 0.15) is 17.1 Å². The van der Waals surface area contributed by atoms with Crippen LogP contribution < -0.4 is 5.32 Å². The number of thiazole rings is 1. The van der Waals surface area contributed by atoms with Gasteiger partial charge < -0.3 is 9.84 Å². The summed E-state index contributed by atoms with van der Waals surface area (Å²) < 4.78 is 7.14. The van der Waals surface area contributed by atoms with Crippen molar-refractivity contribution in [1.29, 1.82) is 0 Å². The molecule has 88 valence electrons. The fourth-order valence-electron chi connectivity index (χ4n) is 1.79. The second-order valence-electron chi connectivity index (χ2n) is 3.78. The van der Waals surface area contributed by atoms with E-state index in [1.807, 2.05) is 24.6 Å². The molecule has 0 aliphatic rings. The summed E-state index contributed by atoms with van der Waals surface area (Å²) in [4.78, 5) is 5.54. The molecule has 5 nitrogen and oxygen atoms in total. The Morgan fingerprint density at radius 3 is 3.24 bits per heavy atom. The topological polar surface area (TPSA) is 55.4 Å². The smallest absolute Gasteiger partial charge is 0.194 e. The van der Waals surface area contributed by atoms with Crippen LogP contribution in [-0.4, -0.2) is 14.5 Å². The lowest BCUT2D eigenvalue weighted by Gasteiger charge is -2.02. The Bertz CT molecular complexity index is 611. The molecule has 0 radical (unpaired) electrons. The van der Waals surface area contributed by atoms with Crippen LogP contribution in [-0.2, 0) is 13.1 Å². The van der Waals surface area contributed by atoms with Gasteiger partial charge in [0, 0.05) is 24.2 Å². The predicted molar refractivity (Wildman–Crippen MR) is 64.9 cm³/mol. The van der Waals surface area contributed by atoms with Gasteiger partial charge in [-0.15, -0.1) is 11.3 Å². The summed E-state index contributed by atoms with van der Waals surface area (Å²) in [5.41, 5.74) is 2.27. The second-order valence-corrected chi connectivity index (χ2v) is 4.65. The number of nitrogens with one attached hydrogen (secondary N) is 1. The maximum absolute atomic E-state index is 5.02. The Balaban J connectivity index is 1.72. The lowest BCUT2D eigenvalue weighted by atomic mass is 10.3. The van der Waals surface area contributed by atoms with E-state index in [9.17, 15) is 0 Å². The molecule has 0 fully saturated rings. The van der Waals surface area contributed by atoms with Crippen molar-refractivity contribution in [1.82, 2.24) is 19.9 Å². The number of aromatic nitrogens is 3. The molecule has 0 aliphatic carbocycles. The average molecular weight is 248 g/mol. The van der Waals surface area contributed by atoms with Crippen molar-refractivity contribution >= 4 is 16.3 Å². The molecule has 1 N–H and O–H groups in total. The minimum Gasteiger partial charge on any atom is -0.360 e. The molecule has 0 aliphatic heterocycles. The Morgan fingerprint density at radius 1 is 1.47 bits per heavy atom. The quantitative estimate of drug-likeness (QED) is 0.767. The predicted octanol–water partition coefficient (Wildman–Crippen LogP) is 1.98. The van der Waals surface area contributed by atoms with Crippen LogP contribution in [0.15, 0.2) is 28.4 Å². The lowest BCUT2D eigenvalue weighted by Crippen LogP contribution is -2.14. The van der Waals surface area contributed by atoms with Crippen LogP contribution in [0.5, 0.6) is 0 Å². The summed E-state index contributed by atoms with van der Waals surface area (Å²) in [5, 5.41) is 9.03.